The van der Waals surface area contributed by atoms with Gasteiger partial charge in [-0.15, -0.1) is 0 Å². The highest BCUT2D eigenvalue weighted by Gasteiger charge is 2.12. The lowest BCUT2D eigenvalue weighted by atomic mass is 9.96. The van der Waals surface area contributed by atoms with Crippen molar-refractivity contribution in [3.8, 4) is 22.4 Å². The third-order valence-corrected chi connectivity index (χ3v) is 4.15. The zero-order chi connectivity index (χ0) is 17.8. The van der Waals surface area contributed by atoms with E-state index < -0.39 is 0 Å². The Morgan fingerprint density at radius 3 is 2.23 bits per heavy atom. The summed E-state index contributed by atoms with van der Waals surface area (Å²) < 4.78 is 0. The van der Waals surface area contributed by atoms with E-state index in [1.54, 1.807) is 6.33 Å². The first-order chi connectivity index (χ1) is 12.8. The van der Waals surface area contributed by atoms with Crippen LogP contribution in [0.5, 0.6) is 0 Å². The fourth-order valence-corrected chi connectivity index (χ4v) is 2.95. The van der Waals surface area contributed by atoms with Crippen LogP contribution in [0.1, 0.15) is 0 Å². The van der Waals surface area contributed by atoms with Crippen molar-refractivity contribution in [3.05, 3.63) is 91.3 Å². The molecule has 0 atom stereocenters. The Bertz CT molecular complexity index is 1010. The minimum Gasteiger partial charge on any atom is -0.398 e. The maximum absolute atomic E-state index is 6.29. The van der Waals surface area contributed by atoms with E-state index in [1.165, 1.54) is 0 Å². The zero-order valence-electron chi connectivity index (χ0n) is 14.1. The maximum atomic E-state index is 6.29. The summed E-state index contributed by atoms with van der Waals surface area (Å²) in [5.74, 6) is 0.739. The molecule has 3 N–H and O–H groups in total. The van der Waals surface area contributed by atoms with Gasteiger partial charge in [-0.25, -0.2) is 9.97 Å². The third kappa shape index (κ3) is 3.26. The molecule has 1 heterocycles. The lowest BCUT2D eigenvalue weighted by Crippen LogP contribution is -1.98. The molecule has 0 spiro atoms. The number of hydrogen-bond acceptors (Lipinski definition) is 4. The van der Waals surface area contributed by atoms with Gasteiger partial charge in [0.05, 0.1) is 5.69 Å². The van der Waals surface area contributed by atoms with Crippen molar-refractivity contribution < 1.29 is 0 Å². The zero-order valence-corrected chi connectivity index (χ0v) is 14.1. The minimum absolute atomic E-state index is 0.727. The second-order valence-corrected chi connectivity index (χ2v) is 5.92. The molecule has 0 amide bonds. The van der Waals surface area contributed by atoms with E-state index in [2.05, 4.69) is 27.4 Å². The highest BCUT2D eigenvalue weighted by Crippen LogP contribution is 2.36. The monoisotopic (exact) mass is 338 g/mol. The molecular formula is C22H18N4. The topological polar surface area (TPSA) is 63.8 Å². The van der Waals surface area contributed by atoms with Crippen molar-refractivity contribution in [3.63, 3.8) is 0 Å². The number of anilines is 3. The van der Waals surface area contributed by atoms with E-state index >= 15 is 0 Å². The van der Waals surface area contributed by atoms with Crippen molar-refractivity contribution in [1.82, 2.24) is 9.97 Å². The first kappa shape index (κ1) is 15.8. The van der Waals surface area contributed by atoms with Gasteiger partial charge >= 0.3 is 0 Å². The summed E-state index contributed by atoms with van der Waals surface area (Å²) in [7, 11) is 0. The molecule has 0 saturated heterocycles. The largest absolute Gasteiger partial charge is 0.398 e. The van der Waals surface area contributed by atoms with E-state index in [-0.39, 0.29) is 0 Å². The van der Waals surface area contributed by atoms with Crippen LogP contribution in [0.2, 0.25) is 0 Å². The molecule has 4 aromatic rings. The Hall–Kier alpha value is -3.66. The molecule has 0 bridgehead atoms. The first-order valence-electron chi connectivity index (χ1n) is 8.40. The van der Waals surface area contributed by atoms with E-state index in [1.807, 2.05) is 72.8 Å². The van der Waals surface area contributed by atoms with Crippen LogP contribution < -0.4 is 11.1 Å². The Labute approximate surface area is 152 Å². The SMILES string of the molecule is Nc1cccc(-c2cc(Nc3ccccc3)ncn2)c1-c1ccccc1. The molecule has 0 aliphatic carbocycles. The normalized spacial score (nSPS) is 10.5. The number of nitrogen functional groups attached to an aromatic ring is 1. The molecule has 0 fully saturated rings. The molecule has 0 aliphatic rings. The first-order valence-corrected chi connectivity index (χ1v) is 8.40. The second kappa shape index (κ2) is 7.07. The average Bonchev–Trinajstić information content (AvgIpc) is 2.69. The highest BCUT2D eigenvalue weighted by molar-refractivity contribution is 5.90. The lowest BCUT2D eigenvalue weighted by Gasteiger charge is -2.13. The number of para-hydroxylation sites is 1. The maximum Gasteiger partial charge on any atom is 0.134 e. The lowest BCUT2D eigenvalue weighted by molar-refractivity contribution is 1.17. The number of nitrogens with two attached hydrogens (primary N) is 1. The predicted molar refractivity (Wildman–Crippen MR) is 107 cm³/mol. The van der Waals surface area contributed by atoms with Crippen LogP contribution >= 0.6 is 0 Å². The molecule has 0 radical (unpaired) electrons. The average molecular weight is 338 g/mol. The number of benzene rings is 3. The highest BCUT2D eigenvalue weighted by atomic mass is 15.0. The summed E-state index contributed by atoms with van der Waals surface area (Å²) in [4.78, 5) is 8.80. The number of rotatable bonds is 4. The second-order valence-electron chi connectivity index (χ2n) is 5.92. The van der Waals surface area contributed by atoms with Crippen LogP contribution in [-0.4, -0.2) is 9.97 Å². The quantitative estimate of drug-likeness (QED) is 0.506. The van der Waals surface area contributed by atoms with E-state index in [4.69, 9.17) is 5.73 Å². The van der Waals surface area contributed by atoms with Gasteiger partial charge in [-0.1, -0.05) is 60.7 Å². The van der Waals surface area contributed by atoms with Crippen LogP contribution in [0.3, 0.4) is 0 Å². The van der Waals surface area contributed by atoms with Crippen LogP contribution in [0.15, 0.2) is 91.3 Å². The predicted octanol–water partition coefficient (Wildman–Crippen LogP) is 5.14. The Morgan fingerprint density at radius 2 is 1.46 bits per heavy atom. The molecular weight excluding hydrogens is 320 g/mol. The van der Waals surface area contributed by atoms with Crippen molar-refractivity contribution in [2.24, 2.45) is 0 Å². The van der Waals surface area contributed by atoms with Gasteiger partial charge in [0.25, 0.3) is 0 Å². The number of aromatic nitrogens is 2. The minimum atomic E-state index is 0.727. The van der Waals surface area contributed by atoms with Crippen LogP contribution in [0.4, 0.5) is 17.2 Å². The van der Waals surface area contributed by atoms with Crippen LogP contribution in [-0.2, 0) is 0 Å². The van der Waals surface area contributed by atoms with Gasteiger partial charge < -0.3 is 11.1 Å². The summed E-state index contributed by atoms with van der Waals surface area (Å²) in [6.07, 6.45) is 1.57. The number of nitrogens with one attached hydrogen (secondary N) is 1. The molecule has 126 valence electrons. The molecule has 1 aromatic heterocycles. The van der Waals surface area contributed by atoms with Crippen molar-refractivity contribution in [1.29, 1.82) is 0 Å². The third-order valence-electron chi connectivity index (χ3n) is 4.15. The summed E-state index contributed by atoms with van der Waals surface area (Å²) in [6.45, 7) is 0. The smallest absolute Gasteiger partial charge is 0.134 e. The molecule has 4 nitrogen and oxygen atoms in total. The molecule has 3 aromatic carbocycles. The van der Waals surface area contributed by atoms with Gasteiger partial charge in [0, 0.05) is 28.6 Å². The van der Waals surface area contributed by atoms with Gasteiger partial charge in [0.2, 0.25) is 0 Å². The van der Waals surface area contributed by atoms with Gasteiger partial charge in [-0.2, -0.15) is 0 Å². The number of hydrogen-bond donors (Lipinski definition) is 2. The molecule has 4 heteroatoms. The van der Waals surface area contributed by atoms with Gasteiger partial charge in [-0.3, -0.25) is 0 Å². The van der Waals surface area contributed by atoms with Crippen LogP contribution in [0.25, 0.3) is 22.4 Å². The summed E-state index contributed by atoms with van der Waals surface area (Å²) in [5, 5.41) is 3.31. The summed E-state index contributed by atoms with van der Waals surface area (Å²) in [6, 6.07) is 27.9. The summed E-state index contributed by atoms with van der Waals surface area (Å²) in [5.41, 5.74) is 11.9. The van der Waals surface area contributed by atoms with Crippen LogP contribution in [0, 0.1) is 0 Å². The molecule has 26 heavy (non-hydrogen) atoms. The van der Waals surface area contributed by atoms with Gasteiger partial charge in [-0.05, 0) is 23.8 Å². The van der Waals surface area contributed by atoms with E-state index in [9.17, 15) is 0 Å². The molecule has 0 aliphatic heterocycles. The molecule has 4 rings (SSSR count). The van der Waals surface area contributed by atoms with E-state index in [0.717, 1.165) is 39.6 Å². The number of nitrogens with zero attached hydrogens (tertiary/aromatic N) is 2. The van der Waals surface area contributed by atoms with E-state index in [0.29, 0.717) is 0 Å². The summed E-state index contributed by atoms with van der Waals surface area (Å²) >= 11 is 0. The Kier molecular flexibility index (Phi) is 4.31. The van der Waals surface area contributed by atoms with Crippen molar-refractivity contribution >= 4 is 17.2 Å². The fourth-order valence-electron chi connectivity index (χ4n) is 2.95. The molecule has 0 unspecified atom stereocenters. The Morgan fingerprint density at radius 1 is 0.731 bits per heavy atom. The molecule has 0 saturated carbocycles. The van der Waals surface area contributed by atoms with Crippen molar-refractivity contribution in [2.45, 2.75) is 0 Å². The fraction of sp³-hybridized carbons (Fsp3) is 0. The standard InChI is InChI=1S/C22H18N4/c23-19-13-7-12-18(22(19)16-8-3-1-4-9-16)20-14-21(25-15-24-20)26-17-10-5-2-6-11-17/h1-15H,23H2,(H,24,25,26). The van der Waals surface area contributed by atoms with Gasteiger partial charge in [0.15, 0.2) is 0 Å². The van der Waals surface area contributed by atoms with Gasteiger partial charge in [0.1, 0.15) is 12.1 Å². The van der Waals surface area contributed by atoms with Crippen molar-refractivity contribution in [2.75, 3.05) is 11.1 Å². The Balaban J connectivity index is 1.77.